The molecular formula is C12H14O3S. The molecule has 4 heteroatoms. The highest BCUT2D eigenvalue weighted by molar-refractivity contribution is 7.94. The number of carbonyl (C=O) groups excluding carboxylic acids is 2. The second-order valence-corrected chi connectivity index (χ2v) is 4.63. The minimum absolute atomic E-state index is 0.141. The molecule has 0 aromatic heterocycles. The summed E-state index contributed by atoms with van der Waals surface area (Å²) in [6.45, 7) is 3.91. The Hall–Kier alpha value is -1.13. The van der Waals surface area contributed by atoms with E-state index in [0.29, 0.717) is 11.1 Å². The van der Waals surface area contributed by atoms with Gasteiger partial charge in [0, 0.05) is 28.1 Å². The molecular weight excluding hydrogens is 224 g/mol. The van der Waals surface area contributed by atoms with Crippen LogP contribution in [0.4, 0.5) is 0 Å². The van der Waals surface area contributed by atoms with Gasteiger partial charge in [-0.1, -0.05) is 13.8 Å². The van der Waals surface area contributed by atoms with Crippen LogP contribution in [-0.4, -0.2) is 19.7 Å². The van der Waals surface area contributed by atoms with E-state index in [1.54, 1.807) is 19.2 Å². The molecule has 0 fully saturated rings. The van der Waals surface area contributed by atoms with E-state index in [9.17, 15) is 9.59 Å². The fraction of sp³-hybridized carbons (Fsp3) is 0.333. The number of hydrogen-bond acceptors (Lipinski definition) is 4. The molecule has 0 atom stereocenters. The maximum absolute atomic E-state index is 11.0. The maximum atomic E-state index is 11.0. The van der Waals surface area contributed by atoms with Gasteiger partial charge in [0.15, 0.2) is 0 Å². The number of carbonyl (C=O) groups is 2. The highest BCUT2D eigenvalue weighted by Gasteiger charge is 2.13. The molecule has 1 aromatic carbocycles. The molecule has 0 bridgehead atoms. The molecule has 0 saturated heterocycles. The normalized spacial score (nSPS) is 10.5. The molecule has 16 heavy (non-hydrogen) atoms. The van der Waals surface area contributed by atoms with Crippen LogP contribution < -0.4 is 0 Å². The standard InChI is InChI=1S/C12H14O3S/c1-8(2)12-9(6-13)4-11(16-15-3)5-10(12)7-14/h4-8H,1-3H3. The molecule has 0 spiro atoms. The van der Waals surface area contributed by atoms with Gasteiger partial charge in [-0.2, -0.15) is 0 Å². The molecule has 0 heterocycles. The summed E-state index contributed by atoms with van der Waals surface area (Å²) < 4.78 is 4.91. The van der Waals surface area contributed by atoms with Gasteiger partial charge < -0.3 is 4.18 Å². The summed E-state index contributed by atoms with van der Waals surface area (Å²) >= 11 is 1.14. The molecule has 3 nitrogen and oxygen atoms in total. The largest absolute Gasteiger partial charge is 0.314 e. The smallest absolute Gasteiger partial charge is 0.150 e. The summed E-state index contributed by atoms with van der Waals surface area (Å²) in [5.74, 6) is 0.141. The summed E-state index contributed by atoms with van der Waals surface area (Å²) in [4.78, 5) is 22.7. The van der Waals surface area contributed by atoms with Gasteiger partial charge in [0.05, 0.1) is 7.11 Å². The van der Waals surface area contributed by atoms with Crippen LogP contribution in [0.5, 0.6) is 0 Å². The quantitative estimate of drug-likeness (QED) is 0.584. The van der Waals surface area contributed by atoms with Crippen molar-refractivity contribution in [3.05, 3.63) is 28.8 Å². The van der Waals surface area contributed by atoms with Crippen molar-refractivity contribution in [2.24, 2.45) is 0 Å². The van der Waals surface area contributed by atoms with Crippen molar-refractivity contribution in [3.8, 4) is 0 Å². The average molecular weight is 238 g/mol. The minimum atomic E-state index is 0.141. The topological polar surface area (TPSA) is 43.4 Å². The lowest BCUT2D eigenvalue weighted by Crippen LogP contribution is -2.01. The third kappa shape index (κ3) is 2.71. The van der Waals surface area contributed by atoms with E-state index in [4.69, 9.17) is 4.18 Å². The van der Waals surface area contributed by atoms with E-state index < -0.39 is 0 Å². The zero-order valence-electron chi connectivity index (χ0n) is 9.52. The van der Waals surface area contributed by atoms with Gasteiger partial charge in [0.25, 0.3) is 0 Å². The third-order valence-corrected chi connectivity index (χ3v) is 2.82. The van der Waals surface area contributed by atoms with Crippen LogP contribution in [0.15, 0.2) is 17.0 Å². The molecule has 1 rings (SSSR count). The fourth-order valence-corrected chi connectivity index (χ4v) is 2.22. The van der Waals surface area contributed by atoms with Crippen LogP contribution >= 0.6 is 12.0 Å². The summed E-state index contributed by atoms with van der Waals surface area (Å²) in [5.41, 5.74) is 1.91. The Labute approximate surface area is 99.4 Å². The third-order valence-electron chi connectivity index (χ3n) is 2.23. The number of hydrogen-bond donors (Lipinski definition) is 0. The molecule has 0 radical (unpaired) electrons. The fourth-order valence-electron chi connectivity index (χ4n) is 1.68. The first kappa shape index (κ1) is 12.9. The lowest BCUT2D eigenvalue weighted by atomic mass is 9.93. The molecule has 86 valence electrons. The SMILES string of the molecule is COSc1cc(C=O)c(C(C)C)c(C=O)c1. The van der Waals surface area contributed by atoms with Gasteiger partial charge >= 0.3 is 0 Å². The number of aldehydes is 2. The molecule has 0 N–H and O–H groups in total. The molecule has 0 saturated carbocycles. The predicted molar refractivity (Wildman–Crippen MR) is 64.2 cm³/mol. The Morgan fingerprint density at radius 2 is 1.69 bits per heavy atom. The molecule has 0 unspecified atom stereocenters. The summed E-state index contributed by atoms with van der Waals surface area (Å²) in [6, 6.07) is 3.48. The lowest BCUT2D eigenvalue weighted by Gasteiger charge is -2.13. The molecule has 0 aliphatic rings. The second kappa shape index (κ2) is 5.82. The van der Waals surface area contributed by atoms with E-state index in [1.165, 1.54) is 0 Å². The van der Waals surface area contributed by atoms with Crippen LogP contribution in [-0.2, 0) is 4.18 Å². The highest BCUT2D eigenvalue weighted by Crippen LogP contribution is 2.28. The monoisotopic (exact) mass is 238 g/mol. The summed E-state index contributed by atoms with van der Waals surface area (Å²) in [6.07, 6.45) is 1.56. The van der Waals surface area contributed by atoms with Gasteiger partial charge in [0.2, 0.25) is 0 Å². The molecule has 0 aliphatic heterocycles. The van der Waals surface area contributed by atoms with Crippen molar-refractivity contribution in [2.75, 3.05) is 7.11 Å². The van der Waals surface area contributed by atoms with Crippen molar-refractivity contribution < 1.29 is 13.8 Å². The van der Waals surface area contributed by atoms with Crippen molar-refractivity contribution in [3.63, 3.8) is 0 Å². The first-order valence-corrected chi connectivity index (χ1v) is 5.67. The Bertz CT molecular complexity index is 370. The Morgan fingerprint density at radius 1 is 1.19 bits per heavy atom. The first-order chi connectivity index (χ1) is 7.63. The zero-order chi connectivity index (χ0) is 12.1. The summed E-state index contributed by atoms with van der Waals surface area (Å²) in [7, 11) is 1.54. The van der Waals surface area contributed by atoms with Crippen molar-refractivity contribution in [1.82, 2.24) is 0 Å². The van der Waals surface area contributed by atoms with E-state index in [2.05, 4.69) is 0 Å². The van der Waals surface area contributed by atoms with E-state index in [1.807, 2.05) is 13.8 Å². The second-order valence-electron chi connectivity index (χ2n) is 3.66. The predicted octanol–water partition coefficient (Wildman–Crippen LogP) is 3.09. The molecule has 0 amide bonds. The number of benzene rings is 1. The Morgan fingerprint density at radius 3 is 2.00 bits per heavy atom. The van der Waals surface area contributed by atoms with E-state index >= 15 is 0 Å². The zero-order valence-corrected chi connectivity index (χ0v) is 10.3. The lowest BCUT2D eigenvalue weighted by molar-refractivity contribution is 0.112. The maximum Gasteiger partial charge on any atom is 0.150 e. The van der Waals surface area contributed by atoms with Gasteiger partial charge in [-0.05, 0) is 23.6 Å². The molecule has 0 aliphatic carbocycles. The highest BCUT2D eigenvalue weighted by atomic mass is 32.2. The van der Waals surface area contributed by atoms with Gasteiger partial charge in [0.1, 0.15) is 12.6 Å². The number of rotatable bonds is 5. The average Bonchev–Trinajstić information content (AvgIpc) is 2.27. The van der Waals surface area contributed by atoms with E-state index in [0.717, 1.165) is 35.1 Å². The van der Waals surface area contributed by atoms with Crippen molar-refractivity contribution >= 4 is 24.6 Å². The van der Waals surface area contributed by atoms with Crippen LogP contribution in [0.1, 0.15) is 46.0 Å². The van der Waals surface area contributed by atoms with Crippen LogP contribution in [0.25, 0.3) is 0 Å². The van der Waals surface area contributed by atoms with E-state index in [-0.39, 0.29) is 5.92 Å². The van der Waals surface area contributed by atoms with Crippen molar-refractivity contribution in [1.29, 1.82) is 0 Å². The van der Waals surface area contributed by atoms with Gasteiger partial charge in [-0.25, -0.2) is 0 Å². The van der Waals surface area contributed by atoms with Gasteiger partial charge in [-0.15, -0.1) is 0 Å². The minimum Gasteiger partial charge on any atom is -0.314 e. The van der Waals surface area contributed by atoms with Crippen LogP contribution in [0.3, 0.4) is 0 Å². The summed E-state index contributed by atoms with van der Waals surface area (Å²) in [5, 5.41) is 0. The van der Waals surface area contributed by atoms with Crippen molar-refractivity contribution in [2.45, 2.75) is 24.7 Å². The molecule has 1 aromatic rings. The Balaban J connectivity index is 3.36. The van der Waals surface area contributed by atoms with Crippen LogP contribution in [0, 0.1) is 0 Å². The van der Waals surface area contributed by atoms with Gasteiger partial charge in [-0.3, -0.25) is 9.59 Å². The first-order valence-electron chi connectivity index (χ1n) is 4.93. The Kier molecular flexibility index (Phi) is 4.71. The van der Waals surface area contributed by atoms with Crippen LogP contribution in [0.2, 0.25) is 0 Å².